The topological polar surface area (TPSA) is 50.5 Å². The number of carbonyl (C=O) groups is 1. The Bertz CT molecular complexity index is 958. The Hall–Kier alpha value is -2.40. The van der Waals surface area contributed by atoms with Gasteiger partial charge in [0.15, 0.2) is 0 Å². The Kier molecular flexibility index (Phi) is 4.64. The fourth-order valence-electron chi connectivity index (χ4n) is 3.60. The predicted octanol–water partition coefficient (Wildman–Crippen LogP) is 4.30. The van der Waals surface area contributed by atoms with Gasteiger partial charge in [0.25, 0.3) is 0 Å². The van der Waals surface area contributed by atoms with Crippen molar-refractivity contribution in [2.24, 2.45) is 0 Å². The second kappa shape index (κ2) is 7.08. The van der Waals surface area contributed by atoms with Crippen LogP contribution in [0.4, 0.5) is 5.95 Å². The molecule has 0 saturated carbocycles. The molecule has 6 heteroatoms. The van der Waals surface area contributed by atoms with Gasteiger partial charge in [-0.3, -0.25) is 4.79 Å². The third-order valence-corrected chi connectivity index (χ3v) is 5.20. The molecule has 0 bridgehead atoms. The van der Waals surface area contributed by atoms with Crippen LogP contribution in [0.5, 0.6) is 0 Å². The van der Waals surface area contributed by atoms with Gasteiger partial charge in [0.1, 0.15) is 5.69 Å². The third-order valence-electron chi connectivity index (χ3n) is 4.92. The van der Waals surface area contributed by atoms with Gasteiger partial charge >= 0.3 is 0 Å². The van der Waals surface area contributed by atoms with Crippen molar-refractivity contribution >= 4 is 28.8 Å². The van der Waals surface area contributed by atoms with Crippen LogP contribution in [-0.2, 0) is 0 Å². The van der Waals surface area contributed by atoms with Crippen LogP contribution in [0.1, 0.15) is 47.4 Å². The van der Waals surface area contributed by atoms with E-state index >= 15 is 0 Å². The van der Waals surface area contributed by atoms with E-state index in [1.165, 1.54) is 12.8 Å². The number of aromatic nitrogens is 3. The summed E-state index contributed by atoms with van der Waals surface area (Å²) in [6.07, 6.45) is 8.14. The summed E-state index contributed by atoms with van der Waals surface area (Å²) in [4.78, 5) is 24.3. The van der Waals surface area contributed by atoms with E-state index in [2.05, 4.69) is 14.9 Å². The molecule has 0 unspecified atom stereocenters. The summed E-state index contributed by atoms with van der Waals surface area (Å²) in [6, 6.07) is 7.84. The van der Waals surface area contributed by atoms with Crippen molar-refractivity contribution in [3.05, 3.63) is 58.6 Å². The van der Waals surface area contributed by atoms with Crippen molar-refractivity contribution in [1.29, 1.82) is 0 Å². The number of fused-ring (bicyclic) bond motifs is 1. The molecular weight excluding hydrogens is 348 g/mol. The van der Waals surface area contributed by atoms with E-state index in [4.69, 9.17) is 11.6 Å². The minimum Gasteiger partial charge on any atom is -0.341 e. The third kappa shape index (κ3) is 3.07. The van der Waals surface area contributed by atoms with Crippen LogP contribution in [0, 0.1) is 6.92 Å². The molecule has 0 aliphatic carbocycles. The Balaban J connectivity index is 1.75. The van der Waals surface area contributed by atoms with E-state index in [0.717, 1.165) is 37.0 Å². The molecule has 5 nitrogen and oxygen atoms in total. The molecule has 4 heterocycles. The second-order valence-corrected chi connectivity index (χ2v) is 7.18. The zero-order valence-corrected chi connectivity index (χ0v) is 15.5. The first-order chi connectivity index (χ1) is 12.6. The molecule has 4 rings (SSSR count). The number of halogens is 1. The van der Waals surface area contributed by atoms with Crippen LogP contribution >= 0.6 is 11.6 Å². The van der Waals surface area contributed by atoms with Crippen molar-refractivity contribution in [3.8, 4) is 0 Å². The maximum atomic E-state index is 13.3. The average molecular weight is 369 g/mol. The highest BCUT2D eigenvalue weighted by atomic mass is 35.5. The van der Waals surface area contributed by atoms with E-state index in [9.17, 15) is 4.79 Å². The maximum absolute atomic E-state index is 13.3. The summed E-state index contributed by atoms with van der Waals surface area (Å²) in [5, 5.41) is 0.291. The van der Waals surface area contributed by atoms with Crippen LogP contribution < -0.4 is 4.90 Å². The van der Waals surface area contributed by atoms with Gasteiger partial charge < -0.3 is 9.30 Å². The highest BCUT2D eigenvalue weighted by Crippen LogP contribution is 2.24. The standard InChI is InChI=1S/C20H21ClN4O/c1-14-12-15-8-4-7-11-25(15)18(14)19(26)17-16(21)13-22-20(23-17)24-9-5-2-3-6-10-24/h4,7-8,11-13H,2-3,5-6,9-10H2,1H3. The lowest BCUT2D eigenvalue weighted by Gasteiger charge is -2.20. The number of aryl methyl sites for hydroxylation is 1. The van der Waals surface area contributed by atoms with Crippen molar-refractivity contribution in [2.75, 3.05) is 18.0 Å². The Morgan fingerprint density at radius 3 is 2.69 bits per heavy atom. The van der Waals surface area contributed by atoms with Gasteiger partial charge in [-0.2, -0.15) is 0 Å². The number of anilines is 1. The lowest BCUT2D eigenvalue weighted by molar-refractivity contribution is 0.102. The van der Waals surface area contributed by atoms with Gasteiger partial charge in [-0.1, -0.05) is 30.5 Å². The zero-order chi connectivity index (χ0) is 18.1. The van der Waals surface area contributed by atoms with Crippen LogP contribution in [-0.4, -0.2) is 33.2 Å². The molecule has 0 aromatic carbocycles. The van der Waals surface area contributed by atoms with Gasteiger partial charge in [-0.05, 0) is 43.5 Å². The minimum atomic E-state index is -0.169. The number of pyridine rings is 1. The minimum absolute atomic E-state index is 0.169. The number of carbonyl (C=O) groups excluding carboxylic acids is 1. The van der Waals surface area contributed by atoms with Crippen molar-refractivity contribution in [1.82, 2.24) is 14.4 Å². The largest absolute Gasteiger partial charge is 0.341 e. The SMILES string of the molecule is Cc1cc2ccccn2c1C(=O)c1nc(N2CCCCCC2)ncc1Cl. The van der Waals surface area contributed by atoms with E-state index in [1.54, 1.807) is 6.20 Å². The first-order valence-electron chi connectivity index (χ1n) is 9.04. The summed E-state index contributed by atoms with van der Waals surface area (Å²) in [5.74, 6) is 0.426. The first kappa shape index (κ1) is 17.0. The van der Waals surface area contributed by atoms with Crippen LogP contribution in [0.2, 0.25) is 5.02 Å². The molecule has 1 aliphatic heterocycles. The maximum Gasteiger partial charge on any atom is 0.230 e. The fraction of sp³-hybridized carbons (Fsp3) is 0.350. The molecule has 26 heavy (non-hydrogen) atoms. The lowest BCUT2D eigenvalue weighted by atomic mass is 10.1. The quantitative estimate of drug-likeness (QED) is 0.646. The number of rotatable bonds is 3. The van der Waals surface area contributed by atoms with Crippen molar-refractivity contribution in [2.45, 2.75) is 32.6 Å². The molecule has 3 aromatic heterocycles. The molecule has 1 saturated heterocycles. The van der Waals surface area contributed by atoms with E-state index in [0.29, 0.717) is 16.7 Å². The van der Waals surface area contributed by atoms with Crippen molar-refractivity contribution < 1.29 is 4.79 Å². The van der Waals surface area contributed by atoms with Gasteiger partial charge in [-0.15, -0.1) is 0 Å². The molecule has 1 fully saturated rings. The zero-order valence-electron chi connectivity index (χ0n) is 14.8. The van der Waals surface area contributed by atoms with Gasteiger partial charge in [0.2, 0.25) is 11.7 Å². The molecule has 0 spiro atoms. The smallest absolute Gasteiger partial charge is 0.230 e. The van der Waals surface area contributed by atoms with Crippen LogP contribution in [0.3, 0.4) is 0 Å². The van der Waals surface area contributed by atoms with E-state index < -0.39 is 0 Å². The molecule has 0 amide bonds. The summed E-state index contributed by atoms with van der Waals surface area (Å²) in [7, 11) is 0. The average Bonchev–Trinajstić information content (AvgIpc) is 2.81. The highest BCUT2D eigenvalue weighted by molar-refractivity contribution is 6.34. The van der Waals surface area contributed by atoms with Crippen molar-refractivity contribution in [3.63, 3.8) is 0 Å². The first-order valence-corrected chi connectivity index (χ1v) is 9.42. The summed E-state index contributed by atoms with van der Waals surface area (Å²) < 4.78 is 1.89. The molecular formula is C20H21ClN4O. The van der Waals surface area contributed by atoms with E-state index in [1.807, 2.05) is 41.8 Å². The molecule has 3 aromatic rings. The summed E-state index contributed by atoms with van der Waals surface area (Å²) in [5.41, 5.74) is 2.76. The van der Waals surface area contributed by atoms with Gasteiger partial charge in [0, 0.05) is 24.8 Å². The Morgan fingerprint density at radius 1 is 1.15 bits per heavy atom. The number of ketones is 1. The monoisotopic (exact) mass is 368 g/mol. The summed E-state index contributed by atoms with van der Waals surface area (Å²) in [6.45, 7) is 3.77. The highest BCUT2D eigenvalue weighted by Gasteiger charge is 2.23. The fourth-order valence-corrected chi connectivity index (χ4v) is 3.78. The molecule has 1 aliphatic rings. The lowest BCUT2D eigenvalue weighted by Crippen LogP contribution is -2.27. The van der Waals surface area contributed by atoms with E-state index in [-0.39, 0.29) is 11.5 Å². The predicted molar refractivity (Wildman–Crippen MR) is 103 cm³/mol. The molecule has 0 radical (unpaired) electrons. The second-order valence-electron chi connectivity index (χ2n) is 6.77. The van der Waals surface area contributed by atoms with Gasteiger partial charge in [-0.25, -0.2) is 9.97 Å². The normalized spacial score (nSPS) is 15.2. The van der Waals surface area contributed by atoms with Gasteiger partial charge in [0.05, 0.1) is 16.9 Å². The van der Waals surface area contributed by atoms with Crippen LogP contribution in [0.15, 0.2) is 36.7 Å². The molecule has 0 atom stereocenters. The molecule has 134 valence electrons. The number of hydrogen-bond donors (Lipinski definition) is 0. The Morgan fingerprint density at radius 2 is 1.92 bits per heavy atom. The van der Waals surface area contributed by atoms with Crippen LogP contribution in [0.25, 0.3) is 5.52 Å². The number of hydrogen-bond acceptors (Lipinski definition) is 4. The Labute approximate surface area is 157 Å². The number of nitrogens with zero attached hydrogens (tertiary/aromatic N) is 4. The molecule has 0 N–H and O–H groups in total. The summed E-state index contributed by atoms with van der Waals surface area (Å²) >= 11 is 6.31.